The molecule has 1 saturated heterocycles. The highest BCUT2D eigenvalue weighted by atomic mass is 35.5. The third kappa shape index (κ3) is 6.01. The summed E-state index contributed by atoms with van der Waals surface area (Å²) in [5, 5.41) is 0. The summed E-state index contributed by atoms with van der Waals surface area (Å²) < 4.78 is 15.9. The Labute approximate surface area is 103 Å². The SMILES string of the molecule is COCCCOCCN1CCOC(CCl)C1. The van der Waals surface area contributed by atoms with Crippen LogP contribution in [0.25, 0.3) is 0 Å². The average Bonchev–Trinajstić information content (AvgIpc) is 2.34. The van der Waals surface area contributed by atoms with Gasteiger partial charge in [0.2, 0.25) is 0 Å². The van der Waals surface area contributed by atoms with E-state index in [1.54, 1.807) is 7.11 Å². The van der Waals surface area contributed by atoms with Crippen LogP contribution in [0.5, 0.6) is 0 Å². The normalized spacial score (nSPS) is 22.5. The predicted molar refractivity (Wildman–Crippen MR) is 64.2 cm³/mol. The van der Waals surface area contributed by atoms with Crippen molar-refractivity contribution in [2.75, 3.05) is 59.1 Å². The minimum atomic E-state index is 0.184. The van der Waals surface area contributed by atoms with Crippen molar-refractivity contribution in [2.45, 2.75) is 12.5 Å². The van der Waals surface area contributed by atoms with Gasteiger partial charge in [-0.15, -0.1) is 11.6 Å². The minimum Gasteiger partial charge on any atom is -0.385 e. The smallest absolute Gasteiger partial charge is 0.0837 e. The molecule has 16 heavy (non-hydrogen) atoms. The quantitative estimate of drug-likeness (QED) is 0.475. The molecule has 0 aliphatic carbocycles. The number of hydrogen-bond acceptors (Lipinski definition) is 4. The molecule has 1 fully saturated rings. The lowest BCUT2D eigenvalue weighted by Gasteiger charge is -2.31. The summed E-state index contributed by atoms with van der Waals surface area (Å²) in [7, 11) is 1.71. The highest BCUT2D eigenvalue weighted by molar-refractivity contribution is 6.18. The molecule has 1 heterocycles. The van der Waals surface area contributed by atoms with Crippen LogP contribution >= 0.6 is 11.6 Å². The third-order valence-corrected chi connectivity index (χ3v) is 2.93. The molecule has 0 aromatic rings. The maximum atomic E-state index is 5.77. The molecule has 96 valence electrons. The molecule has 0 aromatic heterocycles. The number of hydrogen-bond donors (Lipinski definition) is 0. The summed E-state index contributed by atoms with van der Waals surface area (Å²) >= 11 is 5.77. The average molecular weight is 252 g/mol. The molecule has 0 N–H and O–H groups in total. The molecular weight excluding hydrogens is 230 g/mol. The summed E-state index contributed by atoms with van der Waals surface area (Å²) in [6.45, 7) is 5.96. The molecule has 4 nitrogen and oxygen atoms in total. The lowest BCUT2D eigenvalue weighted by Crippen LogP contribution is -2.44. The maximum absolute atomic E-state index is 5.77. The maximum Gasteiger partial charge on any atom is 0.0837 e. The summed E-state index contributed by atoms with van der Waals surface area (Å²) in [6, 6.07) is 0. The van der Waals surface area contributed by atoms with Gasteiger partial charge in [-0.25, -0.2) is 0 Å². The van der Waals surface area contributed by atoms with Crippen LogP contribution in [0.1, 0.15) is 6.42 Å². The van der Waals surface area contributed by atoms with E-state index in [0.717, 1.165) is 52.5 Å². The Balaban J connectivity index is 1.95. The molecule has 1 unspecified atom stereocenters. The Morgan fingerprint density at radius 1 is 1.38 bits per heavy atom. The Morgan fingerprint density at radius 2 is 2.25 bits per heavy atom. The third-order valence-electron chi connectivity index (χ3n) is 2.58. The van der Waals surface area contributed by atoms with Crippen LogP contribution in [0.15, 0.2) is 0 Å². The minimum absolute atomic E-state index is 0.184. The number of nitrogens with zero attached hydrogens (tertiary/aromatic N) is 1. The monoisotopic (exact) mass is 251 g/mol. The van der Waals surface area contributed by atoms with E-state index in [0.29, 0.717) is 5.88 Å². The van der Waals surface area contributed by atoms with Crippen molar-refractivity contribution in [1.82, 2.24) is 4.90 Å². The Bertz CT molecular complexity index is 171. The summed E-state index contributed by atoms with van der Waals surface area (Å²) in [5.41, 5.74) is 0. The molecule has 0 aromatic carbocycles. The van der Waals surface area contributed by atoms with Gasteiger partial charge >= 0.3 is 0 Å². The molecule has 0 bridgehead atoms. The predicted octanol–water partition coefficient (Wildman–Crippen LogP) is 0.979. The van der Waals surface area contributed by atoms with E-state index < -0.39 is 0 Å². The number of morpholine rings is 1. The van der Waals surface area contributed by atoms with E-state index in [9.17, 15) is 0 Å². The van der Waals surface area contributed by atoms with Crippen molar-refractivity contribution in [1.29, 1.82) is 0 Å². The van der Waals surface area contributed by atoms with Crippen LogP contribution < -0.4 is 0 Å². The zero-order chi connectivity index (χ0) is 11.6. The van der Waals surface area contributed by atoms with Crippen LogP contribution in [0.4, 0.5) is 0 Å². The van der Waals surface area contributed by atoms with Gasteiger partial charge in [0.15, 0.2) is 0 Å². The van der Waals surface area contributed by atoms with Gasteiger partial charge in [0, 0.05) is 45.8 Å². The van der Waals surface area contributed by atoms with Crippen molar-refractivity contribution < 1.29 is 14.2 Å². The molecule has 1 rings (SSSR count). The number of ether oxygens (including phenoxy) is 3. The first-order chi connectivity index (χ1) is 7.86. The zero-order valence-electron chi connectivity index (χ0n) is 9.99. The van der Waals surface area contributed by atoms with E-state index in [-0.39, 0.29) is 6.10 Å². The van der Waals surface area contributed by atoms with Gasteiger partial charge in [-0.05, 0) is 6.42 Å². The molecule has 1 aliphatic rings. The second kappa shape index (κ2) is 9.19. The number of methoxy groups -OCH3 is 1. The number of halogens is 1. The van der Waals surface area contributed by atoms with Crippen molar-refractivity contribution in [3.8, 4) is 0 Å². The first kappa shape index (κ1) is 14.2. The van der Waals surface area contributed by atoms with Gasteiger partial charge in [-0.1, -0.05) is 0 Å². The fourth-order valence-corrected chi connectivity index (χ4v) is 1.86. The topological polar surface area (TPSA) is 30.9 Å². The van der Waals surface area contributed by atoms with E-state index in [1.165, 1.54) is 0 Å². The van der Waals surface area contributed by atoms with E-state index in [4.69, 9.17) is 25.8 Å². The number of alkyl halides is 1. The van der Waals surface area contributed by atoms with Gasteiger partial charge < -0.3 is 14.2 Å². The molecule has 5 heteroatoms. The Kier molecular flexibility index (Phi) is 8.15. The second-order valence-corrected chi connectivity index (χ2v) is 4.22. The molecule has 0 spiro atoms. The molecular formula is C11H22ClNO3. The Hall–Kier alpha value is 0.130. The van der Waals surface area contributed by atoms with Gasteiger partial charge in [0.25, 0.3) is 0 Å². The van der Waals surface area contributed by atoms with E-state index >= 15 is 0 Å². The molecule has 1 aliphatic heterocycles. The van der Waals surface area contributed by atoms with Crippen LogP contribution in [0.2, 0.25) is 0 Å². The fourth-order valence-electron chi connectivity index (χ4n) is 1.68. The van der Waals surface area contributed by atoms with Crippen LogP contribution in [-0.2, 0) is 14.2 Å². The van der Waals surface area contributed by atoms with Crippen LogP contribution in [0.3, 0.4) is 0 Å². The summed E-state index contributed by atoms with van der Waals surface area (Å²) in [6.07, 6.45) is 1.15. The van der Waals surface area contributed by atoms with Crippen molar-refractivity contribution in [2.24, 2.45) is 0 Å². The lowest BCUT2D eigenvalue weighted by atomic mass is 10.3. The van der Waals surface area contributed by atoms with Gasteiger partial charge in [-0.3, -0.25) is 4.90 Å². The highest BCUT2D eigenvalue weighted by Crippen LogP contribution is 2.06. The van der Waals surface area contributed by atoms with Crippen molar-refractivity contribution in [3.63, 3.8) is 0 Å². The lowest BCUT2D eigenvalue weighted by molar-refractivity contribution is -0.0259. The van der Waals surface area contributed by atoms with Gasteiger partial charge in [-0.2, -0.15) is 0 Å². The standard InChI is InChI=1S/C11H22ClNO3/c1-14-5-2-6-15-7-3-13-4-8-16-11(9-12)10-13/h11H,2-10H2,1H3. The van der Waals surface area contributed by atoms with E-state index in [2.05, 4.69) is 4.90 Å². The summed E-state index contributed by atoms with van der Waals surface area (Å²) in [5.74, 6) is 0.575. The molecule has 0 saturated carbocycles. The zero-order valence-corrected chi connectivity index (χ0v) is 10.7. The van der Waals surface area contributed by atoms with Crippen LogP contribution in [-0.4, -0.2) is 70.1 Å². The second-order valence-electron chi connectivity index (χ2n) is 3.91. The first-order valence-electron chi connectivity index (χ1n) is 5.83. The van der Waals surface area contributed by atoms with Gasteiger partial charge in [0.05, 0.1) is 19.3 Å². The van der Waals surface area contributed by atoms with E-state index in [1.807, 2.05) is 0 Å². The molecule has 0 radical (unpaired) electrons. The molecule has 1 atom stereocenters. The Morgan fingerprint density at radius 3 is 3.00 bits per heavy atom. The van der Waals surface area contributed by atoms with Crippen molar-refractivity contribution in [3.05, 3.63) is 0 Å². The van der Waals surface area contributed by atoms with Crippen molar-refractivity contribution >= 4 is 11.6 Å². The first-order valence-corrected chi connectivity index (χ1v) is 6.37. The fraction of sp³-hybridized carbons (Fsp3) is 1.00. The highest BCUT2D eigenvalue weighted by Gasteiger charge is 2.18. The van der Waals surface area contributed by atoms with Crippen LogP contribution in [0, 0.1) is 0 Å². The largest absolute Gasteiger partial charge is 0.385 e. The molecule has 0 amide bonds. The number of rotatable bonds is 8. The summed E-state index contributed by atoms with van der Waals surface area (Å²) in [4.78, 5) is 2.34. The van der Waals surface area contributed by atoms with Gasteiger partial charge in [0.1, 0.15) is 0 Å².